The van der Waals surface area contributed by atoms with E-state index in [0.29, 0.717) is 39.1 Å². The molecule has 2 aromatic rings. The van der Waals surface area contributed by atoms with E-state index in [-0.39, 0.29) is 5.91 Å². The number of nitrogens with zero attached hydrogens (tertiary/aromatic N) is 1. The zero-order valence-electron chi connectivity index (χ0n) is 12.5. The quantitative estimate of drug-likeness (QED) is 0.899. The number of aromatic nitrogens is 1. The smallest absolute Gasteiger partial charge is 0.227 e. The van der Waals surface area contributed by atoms with Gasteiger partial charge >= 0.3 is 0 Å². The number of ether oxygens (including phenoxy) is 1. The highest BCUT2D eigenvalue weighted by atomic mass is 16.5. The Bertz CT molecular complexity index is 666. The summed E-state index contributed by atoms with van der Waals surface area (Å²) >= 11 is 0. The second kappa shape index (κ2) is 6.42. The summed E-state index contributed by atoms with van der Waals surface area (Å²) in [5, 5.41) is 4.09. The normalized spacial score (nSPS) is 17.3. The standard InChI is InChI=1S/C17H21N3O2/c18-12-17(5-7-22-8-6-17)16(21)20-11-13-9-14-3-1-2-4-15(14)19-10-13/h1-4,9-10H,5-8,11-12,18H2,(H,20,21). The van der Waals surface area contributed by atoms with Gasteiger partial charge in [0.2, 0.25) is 5.91 Å². The Hall–Kier alpha value is -1.98. The zero-order valence-corrected chi connectivity index (χ0v) is 12.5. The highest BCUT2D eigenvalue weighted by Gasteiger charge is 2.38. The fraction of sp³-hybridized carbons (Fsp3) is 0.412. The van der Waals surface area contributed by atoms with Gasteiger partial charge < -0.3 is 15.8 Å². The molecule has 3 rings (SSSR count). The van der Waals surface area contributed by atoms with E-state index in [1.807, 2.05) is 30.5 Å². The maximum Gasteiger partial charge on any atom is 0.227 e. The number of hydrogen-bond acceptors (Lipinski definition) is 4. The van der Waals surface area contributed by atoms with Gasteiger partial charge in [0.05, 0.1) is 10.9 Å². The van der Waals surface area contributed by atoms with Gasteiger partial charge in [-0.05, 0) is 30.5 Å². The highest BCUT2D eigenvalue weighted by molar-refractivity contribution is 5.83. The predicted molar refractivity (Wildman–Crippen MR) is 85.1 cm³/mol. The maximum absolute atomic E-state index is 12.5. The van der Waals surface area contributed by atoms with Crippen LogP contribution in [0.25, 0.3) is 10.9 Å². The van der Waals surface area contributed by atoms with Crippen molar-refractivity contribution in [3.8, 4) is 0 Å². The van der Waals surface area contributed by atoms with E-state index in [0.717, 1.165) is 16.5 Å². The molecule has 1 saturated heterocycles. The van der Waals surface area contributed by atoms with Gasteiger partial charge in [-0.3, -0.25) is 9.78 Å². The molecular formula is C17H21N3O2. The molecular weight excluding hydrogens is 278 g/mol. The molecule has 1 aliphatic heterocycles. The molecule has 1 amide bonds. The first-order valence-corrected chi connectivity index (χ1v) is 7.63. The Morgan fingerprint density at radius 2 is 2.09 bits per heavy atom. The van der Waals surface area contributed by atoms with Gasteiger partial charge in [0.1, 0.15) is 0 Å². The van der Waals surface area contributed by atoms with Crippen LogP contribution in [0, 0.1) is 5.41 Å². The van der Waals surface area contributed by atoms with E-state index < -0.39 is 5.41 Å². The summed E-state index contributed by atoms with van der Waals surface area (Å²) in [6.07, 6.45) is 3.18. The second-order valence-electron chi connectivity index (χ2n) is 5.82. The molecule has 0 atom stereocenters. The van der Waals surface area contributed by atoms with E-state index in [2.05, 4.69) is 16.4 Å². The van der Waals surface area contributed by atoms with Gasteiger partial charge in [0.25, 0.3) is 0 Å². The SMILES string of the molecule is NCC1(C(=O)NCc2cnc3ccccc3c2)CCOCC1. The lowest BCUT2D eigenvalue weighted by Crippen LogP contribution is -2.48. The molecule has 2 heterocycles. The number of para-hydroxylation sites is 1. The largest absolute Gasteiger partial charge is 0.381 e. The minimum atomic E-state index is -0.484. The molecule has 116 valence electrons. The maximum atomic E-state index is 12.5. The van der Waals surface area contributed by atoms with Gasteiger partial charge in [-0.25, -0.2) is 0 Å². The summed E-state index contributed by atoms with van der Waals surface area (Å²) in [5.41, 5.74) is 7.32. The fourth-order valence-corrected chi connectivity index (χ4v) is 2.87. The summed E-state index contributed by atoms with van der Waals surface area (Å²) in [5.74, 6) is 0.0199. The molecule has 5 heteroatoms. The van der Waals surface area contributed by atoms with Crippen LogP contribution in [0.2, 0.25) is 0 Å². The molecule has 0 bridgehead atoms. The minimum absolute atomic E-state index is 0.0199. The van der Waals surface area contributed by atoms with Crippen molar-refractivity contribution in [3.05, 3.63) is 42.1 Å². The minimum Gasteiger partial charge on any atom is -0.381 e. The summed E-state index contributed by atoms with van der Waals surface area (Å²) in [4.78, 5) is 16.9. The zero-order chi connectivity index (χ0) is 15.4. The third-order valence-corrected chi connectivity index (χ3v) is 4.42. The van der Waals surface area contributed by atoms with Crippen molar-refractivity contribution < 1.29 is 9.53 Å². The van der Waals surface area contributed by atoms with Crippen LogP contribution in [0.5, 0.6) is 0 Å². The molecule has 0 radical (unpaired) electrons. The number of pyridine rings is 1. The molecule has 5 nitrogen and oxygen atoms in total. The van der Waals surface area contributed by atoms with Crippen LogP contribution in [0.15, 0.2) is 36.5 Å². The molecule has 0 saturated carbocycles. The average molecular weight is 299 g/mol. The van der Waals surface area contributed by atoms with Gasteiger partial charge in [-0.15, -0.1) is 0 Å². The van der Waals surface area contributed by atoms with Crippen LogP contribution in [0.4, 0.5) is 0 Å². The molecule has 1 aromatic heterocycles. The lowest BCUT2D eigenvalue weighted by molar-refractivity contribution is -0.136. The van der Waals surface area contributed by atoms with E-state index >= 15 is 0 Å². The highest BCUT2D eigenvalue weighted by Crippen LogP contribution is 2.29. The van der Waals surface area contributed by atoms with E-state index in [4.69, 9.17) is 10.5 Å². The Labute approximate surface area is 129 Å². The number of nitrogens with one attached hydrogen (secondary N) is 1. The average Bonchev–Trinajstić information content (AvgIpc) is 2.60. The van der Waals surface area contributed by atoms with E-state index in [9.17, 15) is 4.79 Å². The molecule has 0 spiro atoms. The third kappa shape index (κ3) is 2.96. The number of fused-ring (bicyclic) bond motifs is 1. The molecule has 22 heavy (non-hydrogen) atoms. The molecule has 1 fully saturated rings. The molecule has 3 N–H and O–H groups in total. The lowest BCUT2D eigenvalue weighted by atomic mass is 9.79. The first-order chi connectivity index (χ1) is 10.7. The number of rotatable bonds is 4. The first kappa shape index (κ1) is 14.9. The summed E-state index contributed by atoms with van der Waals surface area (Å²) in [7, 11) is 0. The van der Waals surface area contributed by atoms with Crippen molar-refractivity contribution in [1.29, 1.82) is 0 Å². The molecule has 1 aliphatic rings. The van der Waals surface area contributed by atoms with Crippen molar-refractivity contribution >= 4 is 16.8 Å². The Morgan fingerprint density at radius 3 is 2.86 bits per heavy atom. The van der Waals surface area contributed by atoms with Crippen LogP contribution >= 0.6 is 0 Å². The number of nitrogens with two attached hydrogens (primary N) is 1. The first-order valence-electron chi connectivity index (χ1n) is 7.63. The second-order valence-corrected chi connectivity index (χ2v) is 5.82. The summed E-state index contributed by atoms with van der Waals surface area (Å²) in [6.45, 7) is 2.03. The number of carbonyl (C=O) groups is 1. The van der Waals surface area contributed by atoms with Crippen LogP contribution in [-0.4, -0.2) is 30.6 Å². The number of carbonyl (C=O) groups excluding carboxylic acids is 1. The topological polar surface area (TPSA) is 77.2 Å². The van der Waals surface area contributed by atoms with Gasteiger partial charge in [0, 0.05) is 37.9 Å². The van der Waals surface area contributed by atoms with Crippen LogP contribution in [0.1, 0.15) is 18.4 Å². The molecule has 1 aromatic carbocycles. The number of benzene rings is 1. The van der Waals surface area contributed by atoms with E-state index in [1.165, 1.54) is 0 Å². The summed E-state index contributed by atoms with van der Waals surface area (Å²) < 4.78 is 5.34. The van der Waals surface area contributed by atoms with Crippen molar-refractivity contribution in [2.75, 3.05) is 19.8 Å². The van der Waals surface area contributed by atoms with Crippen LogP contribution in [0.3, 0.4) is 0 Å². The fourth-order valence-electron chi connectivity index (χ4n) is 2.87. The van der Waals surface area contributed by atoms with Gasteiger partial charge in [-0.1, -0.05) is 18.2 Å². The lowest BCUT2D eigenvalue weighted by Gasteiger charge is -2.34. The van der Waals surface area contributed by atoms with Gasteiger partial charge in [0.15, 0.2) is 0 Å². The van der Waals surface area contributed by atoms with Crippen LogP contribution < -0.4 is 11.1 Å². The van der Waals surface area contributed by atoms with Crippen LogP contribution in [-0.2, 0) is 16.1 Å². The Morgan fingerprint density at radius 1 is 1.32 bits per heavy atom. The van der Waals surface area contributed by atoms with Gasteiger partial charge in [-0.2, -0.15) is 0 Å². The van der Waals surface area contributed by atoms with Crippen molar-refractivity contribution in [2.45, 2.75) is 19.4 Å². The van der Waals surface area contributed by atoms with E-state index in [1.54, 1.807) is 0 Å². The number of hydrogen-bond donors (Lipinski definition) is 2. The Balaban J connectivity index is 1.68. The van der Waals surface area contributed by atoms with Crippen molar-refractivity contribution in [1.82, 2.24) is 10.3 Å². The molecule has 0 aliphatic carbocycles. The summed E-state index contributed by atoms with van der Waals surface area (Å²) in [6, 6.07) is 10.0. The van der Waals surface area contributed by atoms with Crippen molar-refractivity contribution in [2.24, 2.45) is 11.1 Å². The molecule has 0 unspecified atom stereocenters. The Kier molecular flexibility index (Phi) is 4.36. The third-order valence-electron chi connectivity index (χ3n) is 4.42. The van der Waals surface area contributed by atoms with Crippen molar-refractivity contribution in [3.63, 3.8) is 0 Å². The monoisotopic (exact) mass is 299 g/mol. The number of amides is 1. The predicted octanol–water partition coefficient (Wildman–Crippen LogP) is 1.61.